The third kappa shape index (κ3) is 7.72. The predicted molar refractivity (Wildman–Crippen MR) is 41.6 cm³/mol. The molecule has 0 unspecified atom stereocenters. The van der Waals surface area contributed by atoms with E-state index in [2.05, 4.69) is 10.7 Å². The van der Waals surface area contributed by atoms with E-state index in [4.69, 9.17) is 0 Å². The van der Waals surface area contributed by atoms with Gasteiger partial charge in [0, 0.05) is 0 Å². The van der Waals surface area contributed by atoms with Crippen LogP contribution in [0.3, 0.4) is 0 Å². The predicted octanol–water partition coefficient (Wildman–Crippen LogP) is 1.26. The van der Waals surface area contributed by atoms with Gasteiger partial charge in [-0.1, -0.05) is 20.8 Å². The van der Waals surface area contributed by atoms with Crippen LogP contribution in [-0.4, -0.2) is 5.97 Å². The Bertz CT molecular complexity index is 109. The average molecular weight is 168 g/mol. The van der Waals surface area contributed by atoms with Gasteiger partial charge in [-0.2, -0.15) is 5.90 Å². The van der Waals surface area contributed by atoms with E-state index >= 15 is 0 Å². The molecule has 0 saturated carbocycles. The highest BCUT2D eigenvalue weighted by Gasteiger charge is 2.15. The SMILES string of the molecule is CC(C)(C)CC(=O)ON.Cl. The Labute approximate surface area is 67.3 Å². The Morgan fingerprint density at radius 1 is 1.50 bits per heavy atom. The molecule has 3 nitrogen and oxygen atoms in total. The van der Waals surface area contributed by atoms with E-state index < -0.39 is 0 Å². The van der Waals surface area contributed by atoms with E-state index in [1.807, 2.05) is 20.8 Å². The van der Waals surface area contributed by atoms with Crippen molar-refractivity contribution in [3.63, 3.8) is 0 Å². The van der Waals surface area contributed by atoms with Gasteiger partial charge in [0.2, 0.25) is 0 Å². The molecule has 0 rings (SSSR count). The van der Waals surface area contributed by atoms with E-state index in [0.29, 0.717) is 6.42 Å². The molecular formula is C6H14ClNO2. The fourth-order valence-corrected chi connectivity index (χ4v) is 0.475. The Morgan fingerprint density at radius 2 is 1.90 bits per heavy atom. The van der Waals surface area contributed by atoms with Gasteiger partial charge in [-0.25, -0.2) is 0 Å². The monoisotopic (exact) mass is 167 g/mol. The summed E-state index contributed by atoms with van der Waals surface area (Å²) in [6.07, 6.45) is 0.365. The van der Waals surface area contributed by atoms with E-state index in [9.17, 15) is 4.79 Å². The highest BCUT2D eigenvalue weighted by atomic mass is 35.5. The van der Waals surface area contributed by atoms with E-state index in [-0.39, 0.29) is 23.8 Å². The summed E-state index contributed by atoms with van der Waals surface area (Å²) in [5.74, 6) is 4.27. The third-order valence-electron chi connectivity index (χ3n) is 0.806. The van der Waals surface area contributed by atoms with Crippen molar-refractivity contribution in [3.8, 4) is 0 Å². The van der Waals surface area contributed by atoms with Gasteiger partial charge in [-0.15, -0.1) is 12.4 Å². The van der Waals surface area contributed by atoms with Crippen LogP contribution < -0.4 is 5.90 Å². The van der Waals surface area contributed by atoms with Crippen LogP contribution in [0, 0.1) is 5.41 Å². The second-order valence-corrected chi connectivity index (χ2v) is 3.23. The molecule has 10 heavy (non-hydrogen) atoms. The number of carbonyl (C=O) groups is 1. The number of hydrogen-bond donors (Lipinski definition) is 1. The summed E-state index contributed by atoms with van der Waals surface area (Å²) in [7, 11) is 0. The molecule has 0 heterocycles. The van der Waals surface area contributed by atoms with Crippen LogP contribution in [0.1, 0.15) is 27.2 Å². The Kier molecular flexibility index (Phi) is 5.61. The number of nitrogens with two attached hydrogens (primary N) is 1. The molecule has 62 valence electrons. The molecule has 0 spiro atoms. The first-order valence-corrected chi connectivity index (χ1v) is 2.85. The van der Waals surface area contributed by atoms with Crippen molar-refractivity contribution < 1.29 is 9.63 Å². The molecule has 0 aliphatic heterocycles. The largest absolute Gasteiger partial charge is 0.373 e. The molecule has 0 aromatic rings. The third-order valence-corrected chi connectivity index (χ3v) is 0.806. The van der Waals surface area contributed by atoms with Crippen LogP contribution in [0.4, 0.5) is 0 Å². The second kappa shape index (κ2) is 4.52. The fourth-order valence-electron chi connectivity index (χ4n) is 0.475. The van der Waals surface area contributed by atoms with E-state index in [0.717, 1.165) is 0 Å². The molecule has 0 radical (unpaired) electrons. The maximum absolute atomic E-state index is 10.5. The molecule has 2 N–H and O–H groups in total. The van der Waals surface area contributed by atoms with Crippen molar-refractivity contribution in [1.29, 1.82) is 0 Å². The zero-order valence-corrected chi connectivity index (χ0v) is 7.33. The molecule has 0 aliphatic rings. The summed E-state index contributed by atoms with van der Waals surface area (Å²) in [4.78, 5) is 14.5. The molecule has 0 bridgehead atoms. The minimum Gasteiger partial charge on any atom is -0.373 e. The van der Waals surface area contributed by atoms with Gasteiger partial charge in [0.1, 0.15) is 0 Å². The zero-order chi connectivity index (χ0) is 7.49. The van der Waals surface area contributed by atoms with Crippen molar-refractivity contribution in [3.05, 3.63) is 0 Å². The van der Waals surface area contributed by atoms with Crippen molar-refractivity contribution in [2.45, 2.75) is 27.2 Å². The Morgan fingerprint density at radius 3 is 2.00 bits per heavy atom. The van der Waals surface area contributed by atoms with Gasteiger partial charge in [0.15, 0.2) is 0 Å². The molecular weight excluding hydrogens is 154 g/mol. The summed E-state index contributed by atoms with van der Waals surface area (Å²) in [6.45, 7) is 5.84. The van der Waals surface area contributed by atoms with Crippen LogP contribution in [0.5, 0.6) is 0 Å². The summed E-state index contributed by atoms with van der Waals surface area (Å²) >= 11 is 0. The molecule has 0 atom stereocenters. The van der Waals surface area contributed by atoms with Gasteiger partial charge in [-0.3, -0.25) is 4.79 Å². The lowest BCUT2D eigenvalue weighted by Gasteiger charge is -2.14. The fraction of sp³-hybridized carbons (Fsp3) is 0.833. The van der Waals surface area contributed by atoms with Gasteiger partial charge in [0.05, 0.1) is 6.42 Å². The van der Waals surface area contributed by atoms with Crippen LogP contribution in [0.25, 0.3) is 0 Å². The quantitative estimate of drug-likeness (QED) is 0.599. The maximum Gasteiger partial charge on any atom is 0.324 e. The first-order chi connectivity index (χ1) is 3.95. The highest BCUT2D eigenvalue weighted by Crippen LogP contribution is 2.18. The molecule has 0 saturated heterocycles. The topological polar surface area (TPSA) is 52.3 Å². The van der Waals surface area contributed by atoms with Crippen molar-refractivity contribution in [1.82, 2.24) is 0 Å². The number of carbonyl (C=O) groups excluding carboxylic acids is 1. The lowest BCUT2D eigenvalue weighted by atomic mass is 9.93. The maximum atomic E-state index is 10.5. The molecule has 0 aliphatic carbocycles. The average Bonchev–Trinajstić information content (AvgIpc) is 1.62. The molecule has 0 aromatic heterocycles. The number of rotatable bonds is 1. The van der Waals surface area contributed by atoms with Crippen molar-refractivity contribution in [2.24, 2.45) is 11.3 Å². The standard InChI is InChI=1S/C6H13NO2.ClH/c1-6(2,3)4-5(8)9-7;/h4,7H2,1-3H3;1H. The smallest absolute Gasteiger partial charge is 0.324 e. The summed E-state index contributed by atoms with van der Waals surface area (Å²) in [6, 6.07) is 0. The first-order valence-electron chi connectivity index (χ1n) is 2.85. The Hall–Kier alpha value is -0.280. The summed E-state index contributed by atoms with van der Waals surface area (Å²) < 4.78 is 0. The van der Waals surface area contributed by atoms with Gasteiger partial charge in [-0.05, 0) is 5.41 Å². The minimum atomic E-state index is -0.359. The van der Waals surface area contributed by atoms with Crippen LogP contribution in [0.15, 0.2) is 0 Å². The Balaban J connectivity index is 0. The molecule has 0 aromatic carbocycles. The summed E-state index contributed by atoms with van der Waals surface area (Å²) in [5, 5.41) is 0. The van der Waals surface area contributed by atoms with Gasteiger partial charge in [0.25, 0.3) is 0 Å². The summed E-state index contributed by atoms with van der Waals surface area (Å²) in [5.41, 5.74) is -0.0313. The van der Waals surface area contributed by atoms with E-state index in [1.54, 1.807) is 0 Å². The zero-order valence-electron chi connectivity index (χ0n) is 6.51. The van der Waals surface area contributed by atoms with E-state index in [1.165, 1.54) is 0 Å². The number of halogens is 1. The lowest BCUT2D eigenvalue weighted by Crippen LogP contribution is -2.17. The van der Waals surface area contributed by atoms with Crippen LogP contribution in [-0.2, 0) is 9.63 Å². The van der Waals surface area contributed by atoms with Crippen molar-refractivity contribution in [2.75, 3.05) is 0 Å². The molecule has 0 fully saturated rings. The normalized spacial score (nSPS) is 10.0. The number of hydrogen-bond acceptors (Lipinski definition) is 3. The second-order valence-electron chi connectivity index (χ2n) is 3.23. The molecule has 4 heteroatoms. The van der Waals surface area contributed by atoms with Gasteiger partial charge >= 0.3 is 5.97 Å². The van der Waals surface area contributed by atoms with Crippen LogP contribution >= 0.6 is 12.4 Å². The minimum absolute atomic E-state index is 0. The molecule has 0 amide bonds. The highest BCUT2D eigenvalue weighted by molar-refractivity contribution is 5.85. The first kappa shape index (κ1) is 12.4. The lowest BCUT2D eigenvalue weighted by molar-refractivity contribution is -0.146. The van der Waals surface area contributed by atoms with Crippen LogP contribution in [0.2, 0.25) is 0 Å². The van der Waals surface area contributed by atoms with Crippen molar-refractivity contribution >= 4 is 18.4 Å². The van der Waals surface area contributed by atoms with Gasteiger partial charge < -0.3 is 4.84 Å².